The van der Waals surface area contributed by atoms with Crippen molar-refractivity contribution in [1.29, 1.82) is 0 Å². The summed E-state index contributed by atoms with van der Waals surface area (Å²) in [5.74, 6) is 1.66. The van der Waals surface area contributed by atoms with Crippen molar-refractivity contribution in [1.82, 2.24) is 5.32 Å². The van der Waals surface area contributed by atoms with Gasteiger partial charge in [-0.2, -0.15) is 0 Å². The molecule has 2 N–H and O–H groups in total. The highest BCUT2D eigenvalue weighted by atomic mass is 16.5. The summed E-state index contributed by atoms with van der Waals surface area (Å²) in [6.07, 6.45) is 0. The number of nitrogens with one attached hydrogen (secondary N) is 1. The number of hydrogen-bond donors (Lipinski definition) is 2. The van der Waals surface area contributed by atoms with Crippen LogP contribution >= 0.6 is 0 Å². The highest BCUT2D eigenvalue weighted by Gasteiger charge is 2.04. The van der Waals surface area contributed by atoms with Gasteiger partial charge in [0.05, 0.1) is 20.3 Å². The Labute approximate surface area is 96.2 Å². The highest BCUT2D eigenvalue weighted by Crippen LogP contribution is 2.24. The molecule has 0 aromatic heterocycles. The number of methoxy groups -OCH3 is 1. The van der Waals surface area contributed by atoms with Gasteiger partial charge in [-0.15, -0.1) is 0 Å². The van der Waals surface area contributed by atoms with Crippen LogP contribution in [0.4, 0.5) is 0 Å². The average molecular weight is 225 g/mol. The molecule has 0 bridgehead atoms. The van der Waals surface area contributed by atoms with Gasteiger partial charge >= 0.3 is 0 Å². The summed E-state index contributed by atoms with van der Waals surface area (Å²) < 4.78 is 10.7. The lowest BCUT2D eigenvalue weighted by atomic mass is 10.2. The first-order valence-corrected chi connectivity index (χ1v) is 5.43. The second kappa shape index (κ2) is 7.09. The largest absolute Gasteiger partial charge is 0.497 e. The Balaban J connectivity index is 2.74. The van der Waals surface area contributed by atoms with E-state index in [0.29, 0.717) is 19.7 Å². The number of rotatable bonds is 7. The SMILES string of the molecule is CCOc1ccc(OC)cc1CNCCO. The van der Waals surface area contributed by atoms with Crippen molar-refractivity contribution in [3.8, 4) is 11.5 Å². The van der Waals surface area contributed by atoms with Gasteiger partial charge in [-0.3, -0.25) is 0 Å². The van der Waals surface area contributed by atoms with Crippen LogP contribution in [0.25, 0.3) is 0 Å². The smallest absolute Gasteiger partial charge is 0.124 e. The Morgan fingerprint density at radius 3 is 2.81 bits per heavy atom. The van der Waals surface area contributed by atoms with Crippen LogP contribution < -0.4 is 14.8 Å². The molecule has 0 heterocycles. The lowest BCUT2D eigenvalue weighted by molar-refractivity contribution is 0.290. The molecule has 0 atom stereocenters. The van der Waals surface area contributed by atoms with E-state index in [1.807, 2.05) is 25.1 Å². The van der Waals surface area contributed by atoms with Gasteiger partial charge in [-0.05, 0) is 25.1 Å². The Morgan fingerprint density at radius 1 is 1.38 bits per heavy atom. The van der Waals surface area contributed by atoms with Gasteiger partial charge in [0.25, 0.3) is 0 Å². The third kappa shape index (κ3) is 3.72. The zero-order valence-electron chi connectivity index (χ0n) is 9.82. The first kappa shape index (κ1) is 12.8. The van der Waals surface area contributed by atoms with E-state index in [9.17, 15) is 0 Å². The van der Waals surface area contributed by atoms with Crippen molar-refractivity contribution in [2.75, 3.05) is 26.9 Å². The average Bonchev–Trinajstić information content (AvgIpc) is 2.31. The summed E-state index contributed by atoms with van der Waals surface area (Å²) >= 11 is 0. The molecule has 1 aromatic rings. The number of ether oxygens (including phenoxy) is 2. The van der Waals surface area contributed by atoms with Crippen molar-refractivity contribution in [2.45, 2.75) is 13.5 Å². The molecule has 0 unspecified atom stereocenters. The van der Waals surface area contributed by atoms with E-state index in [-0.39, 0.29) is 6.61 Å². The first-order chi connectivity index (χ1) is 7.81. The minimum atomic E-state index is 0.133. The second-order valence-electron chi connectivity index (χ2n) is 3.31. The normalized spacial score (nSPS) is 10.2. The molecule has 1 aromatic carbocycles. The first-order valence-electron chi connectivity index (χ1n) is 5.43. The quantitative estimate of drug-likeness (QED) is 0.684. The van der Waals surface area contributed by atoms with Gasteiger partial charge in [0.15, 0.2) is 0 Å². The van der Waals surface area contributed by atoms with Crippen LogP contribution in [0.3, 0.4) is 0 Å². The van der Waals surface area contributed by atoms with Gasteiger partial charge in [0.2, 0.25) is 0 Å². The second-order valence-corrected chi connectivity index (χ2v) is 3.31. The number of aliphatic hydroxyl groups is 1. The molecule has 0 saturated carbocycles. The summed E-state index contributed by atoms with van der Waals surface area (Å²) in [5.41, 5.74) is 1.04. The van der Waals surface area contributed by atoms with Gasteiger partial charge in [-0.25, -0.2) is 0 Å². The fourth-order valence-corrected chi connectivity index (χ4v) is 1.42. The molecule has 1 rings (SSSR count). The summed E-state index contributed by atoms with van der Waals surface area (Å²) in [7, 11) is 1.64. The molecule has 0 aliphatic carbocycles. The van der Waals surface area contributed by atoms with Gasteiger partial charge in [0.1, 0.15) is 11.5 Å². The maximum atomic E-state index is 8.70. The highest BCUT2D eigenvalue weighted by molar-refractivity contribution is 5.40. The summed E-state index contributed by atoms with van der Waals surface area (Å²) in [6, 6.07) is 5.72. The third-order valence-corrected chi connectivity index (χ3v) is 2.17. The molecule has 0 radical (unpaired) electrons. The van der Waals surface area contributed by atoms with Crippen molar-refractivity contribution < 1.29 is 14.6 Å². The molecular weight excluding hydrogens is 206 g/mol. The van der Waals surface area contributed by atoms with Gasteiger partial charge in [0, 0.05) is 18.7 Å². The van der Waals surface area contributed by atoms with E-state index < -0.39 is 0 Å². The van der Waals surface area contributed by atoms with E-state index in [1.54, 1.807) is 7.11 Å². The van der Waals surface area contributed by atoms with Crippen LogP contribution in [-0.4, -0.2) is 32.0 Å². The van der Waals surface area contributed by atoms with Crippen molar-refractivity contribution >= 4 is 0 Å². The molecule has 0 spiro atoms. The molecule has 0 aliphatic heterocycles. The lowest BCUT2D eigenvalue weighted by Crippen LogP contribution is -2.18. The minimum absolute atomic E-state index is 0.133. The standard InChI is InChI=1S/C12H19NO3/c1-3-16-12-5-4-11(15-2)8-10(12)9-13-6-7-14/h4-5,8,13-14H,3,6-7,9H2,1-2H3. The Bertz CT molecular complexity index is 315. The molecule has 0 saturated heterocycles. The number of aliphatic hydroxyl groups excluding tert-OH is 1. The van der Waals surface area contributed by atoms with Gasteiger partial charge < -0.3 is 19.9 Å². The molecule has 16 heavy (non-hydrogen) atoms. The molecule has 0 aliphatic rings. The molecule has 90 valence electrons. The van der Waals surface area contributed by atoms with Crippen LogP contribution in [0.15, 0.2) is 18.2 Å². The summed E-state index contributed by atoms with van der Waals surface area (Å²) in [6.45, 7) is 3.96. The zero-order valence-corrected chi connectivity index (χ0v) is 9.82. The Hall–Kier alpha value is -1.26. The predicted octanol–water partition coefficient (Wildman–Crippen LogP) is 1.18. The molecule has 4 heteroatoms. The van der Waals surface area contributed by atoms with E-state index in [4.69, 9.17) is 14.6 Å². The van der Waals surface area contributed by atoms with Crippen LogP contribution in [0.2, 0.25) is 0 Å². The Kier molecular flexibility index (Phi) is 5.67. The molecule has 0 amide bonds. The van der Waals surface area contributed by atoms with E-state index >= 15 is 0 Å². The fraction of sp³-hybridized carbons (Fsp3) is 0.500. The lowest BCUT2D eigenvalue weighted by Gasteiger charge is -2.12. The maximum absolute atomic E-state index is 8.70. The van der Waals surface area contributed by atoms with Crippen LogP contribution in [0, 0.1) is 0 Å². The van der Waals surface area contributed by atoms with Crippen LogP contribution in [0.1, 0.15) is 12.5 Å². The number of hydrogen-bond acceptors (Lipinski definition) is 4. The van der Waals surface area contributed by atoms with Crippen LogP contribution in [0.5, 0.6) is 11.5 Å². The zero-order chi connectivity index (χ0) is 11.8. The van der Waals surface area contributed by atoms with Crippen LogP contribution in [-0.2, 0) is 6.54 Å². The third-order valence-electron chi connectivity index (χ3n) is 2.17. The fourth-order valence-electron chi connectivity index (χ4n) is 1.42. The summed E-state index contributed by atoms with van der Waals surface area (Å²) in [5, 5.41) is 11.8. The predicted molar refractivity (Wildman–Crippen MR) is 63.0 cm³/mol. The minimum Gasteiger partial charge on any atom is -0.497 e. The van der Waals surface area contributed by atoms with E-state index in [0.717, 1.165) is 17.1 Å². The van der Waals surface area contributed by atoms with E-state index in [1.165, 1.54) is 0 Å². The molecular formula is C12H19NO3. The van der Waals surface area contributed by atoms with Crippen molar-refractivity contribution in [3.05, 3.63) is 23.8 Å². The van der Waals surface area contributed by atoms with E-state index in [2.05, 4.69) is 5.32 Å². The summed E-state index contributed by atoms with van der Waals surface area (Å²) in [4.78, 5) is 0. The topological polar surface area (TPSA) is 50.7 Å². The van der Waals surface area contributed by atoms with Crippen molar-refractivity contribution in [3.63, 3.8) is 0 Å². The maximum Gasteiger partial charge on any atom is 0.124 e. The molecule has 0 fully saturated rings. The number of benzene rings is 1. The Morgan fingerprint density at radius 2 is 2.19 bits per heavy atom. The monoisotopic (exact) mass is 225 g/mol. The molecule has 4 nitrogen and oxygen atoms in total. The van der Waals surface area contributed by atoms with Crippen molar-refractivity contribution in [2.24, 2.45) is 0 Å². The van der Waals surface area contributed by atoms with Gasteiger partial charge in [-0.1, -0.05) is 0 Å².